The molecule has 15 heavy (non-hydrogen) atoms. The van der Waals surface area contributed by atoms with E-state index in [0.717, 1.165) is 6.42 Å². The smallest absolute Gasteiger partial charge is 0.175 e. The molecular weight excluding hydrogens is 214 g/mol. The molecule has 0 fully saturated rings. The lowest BCUT2D eigenvalue weighted by atomic mass is 10.3. The molecule has 0 amide bonds. The first-order valence-electron chi connectivity index (χ1n) is 4.67. The van der Waals surface area contributed by atoms with Gasteiger partial charge < -0.3 is 10.5 Å². The number of rotatable bonds is 5. The minimum absolute atomic E-state index is 0.271. The van der Waals surface area contributed by atoms with Gasteiger partial charge in [-0.2, -0.15) is 0 Å². The first kappa shape index (κ1) is 12.0. The molecular formula is C10H15NO3S. The number of ether oxygens (including phenoxy) is 1. The van der Waals surface area contributed by atoms with Crippen molar-refractivity contribution in [2.45, 2.75) is 11.3 Å². The van der Waals surface area contributed by atoms with Crippen LogP contribution in [0.4, 0.5) is 0 Å². The van der Waals surface area contributed by atoms with Gasteiger partial charge in [0.15, 0.2) is 9.84 Å². The standard InChI is InChI=1S/C10H15NO3S/c1-15(12,13)10-5-2-4-9(8-10)14-7-3-6-11/h2,4-5,8H,3,6-7,11H2,1H3. The highest BCUT2D eigenvalue weighted by Gasteiger charge is 2.07. The molecule has 0 aliphatic rings. The van der Waals surface area contributed by atoms with Crippen LogP contribution in [-0.4, -0.2) is 27.8 Å². The van der Waals surface area contributed by atoms with Crippen LogP contribution in [0.2, 0.25) is 0 Å². The van der Waals surface area contributed by atoms with E-state index in [1.165, 1.54) is 12.3 Å². The Morgan fingerprint density at radius 2 is 2.13 bits per heavy atom. The first-order valence-corrected chi connectivity index (χ1v) is 6.56. The molecule has 0 spiro atoms. The highest BCUT2D eigenvalue weighted by atomic mass is 32.2. The molecule has 1 aromatic rings. The number of hydrogen-bond donors (Lipinski definition) is 1. The van der Waals surface area contributed by atoms with Crippen LogP contribution in [0.3, 0.4) is 0 Å². The van der Waals surface area contributed by atoms with Gasteiger partial charge in [-0.3, -0.25) is 0 Å². The summed E-state index contributed by atoms with van der Waals surface area (Å²) in [6.45, 7) is 1.06. The van der Waals surface area contributed by atoms with Gasteiger partial charge >= 0.3 is 0 Å². The van der Waals surface area contributed by atoms with Gasteiger partial charge in [0.25, 0.3) is 0 Å². The van der Waals surface area contributed by atoms with Gasteiger partial charge in [-0.1, -0.05) is 6.07 Å². The van der Waals surface area contributed by atoms with E-state index in [-0.39, 0.29) is 4.90 Å². The fourth-order valence-corrected chi connectivity index (χ4v) is 1.72. The van der Waals surface area contributed by atoms with Crippen LogP contribution < -0.4 is 10.5 Å². The van der Waals surface area contributed by atoms with E-state index in [0.29, 0.717) is 18.9 Å². The second-order valence-electron chi connectivity index (χ2n) is 3.24. The van der Waals surface area contributed by atoms with Crippen molar-refractivity contribution in [1.29, 1.82) is 0 Å². The molecule has 0 heterocycles. The van der Waals surface area contributed by atoms with Gasteiger partial charge in [-0.25, -0.2) is 8.42 Å². The molecule has 1 rings (SSSR count). The van der Waals surface area contributed by atoms with Gasteiger partial charge in [-0.15, -0.1) is 0 Å². The zero-order valence-electron chi connectivity index (χ0n) is 8.64. The highest BCUT2D eigenvalue weighted by molar-refractivity contribution is 7.90. The van der Waals surface area contributed by atoms with Gasteiger partial charge in [-0.05, 0) is 31.2 Å². The fraction of sp³-hybridized carbons (Fsp3) is 0.400. The zero-order valence-corrected chi connectivity index (χ0v) is 9.46. The number of nitrogens with two attached hydrogens (primary N) is 1. The summed E-state index contributed by atoms with van der Waals surface area (Å²) in [6.07, 6.45) is 1.93. The molecule has 0 aliphatic carbocycles. The third-order valence-electron chi connectivity index (χ3n) is 1.85. The minimum atomic E-state index is -3.16. The molecule has 0 unspecified atom stereocenters. The highest BCUT2D eigenvalue weighted by Crippen LogP contribution is 2.17. The van der Waals surface area contributed by atoms with E-state index < -0.39 is 9.84 Å². The van der Waals surface area contributed by atoms with E-state index in [1.54, 1.807) is 18.2 Å². The summed E-state index contributed by atoms with van der Waals surface area (Å²) in [5.74, 6) is 0.561. The van der Waals surface area contributed by atoms with Gasteiger partial charge in [0.1, 0.15) is 5.75 Å². The van der Waals surface area contributed by atoms with Gasteiger partial charge in [0, 0.05) is 6.26 Å². The molecule has 1 aromatic carbocycles. The monoisotopic (exact) mass is 229 g/mol. The van der Waals surface area contributed by atoms with Crippen molar-refractivity contribution in [1.82, 2.24) is 0 Å². The molecule has 0 aromatic heterocycles. The largest absolute Gasteiger partial charge is 0.494 e. The lowest BCUT2D eigenvalue weighted by molar-refractivity contribution is 0.312. The maximum Gasteiger partial charge on any atom is 0.175 e. The van der Waals surface area contributed by atoms with Crippen LogP contribution in [0.5, 0.6) is 5.75 Å². The van der Waals surface area contributed by atoms with Crippen LogP contribution in [0.1, 0.15) is 6.42 Å². The van der Waals surface area contributed by atoms with Gasteiger partial charge in [0.05, 0.1) is 11.5 Å². The topological polar surface area (TPSA) is 69.4 Å². The summed E-state index contributed by atoms with van der Waals surface area (Å²) in [7, 11) is -3.16. The fourth-order valence-electron chi connectivity index (χ4n) is 1.07. The van der Waals surface area contributed by atoms with Crippen LogP contribution in [0.25, 0.3) is 0 Å². The summed E-state index contributed by atoms with van der Waals surface area (Å²) >= 11 is 0. The van der Waals surface area contributed by atoms with Crippen LogP contribution in [0.15, 0.2) is 29.2 Å². The van der Waals surface area contributed by atoms with Crippen LogP contribution in [-0.2, 0) is 9.84 Å². The van der Waals surface area contributed by atoms with Crippen LogP contribution in [0, 0.1) is 0 Å². The third-order valence-corrected chi connectivity index (χ3v) is 2.96. The summed E-state index contributed by atoms with van der Waals surface area (Å²) < 4.78 is 27.8. The number of sulfone groups is 1. The summed E-state index contributed by atoms with van der Waals surface area (Å²) in [5.41, 5.74) is 5.32. The maximum atomic E-state index is 11.2. The molecule has 4 nitrogen and oxygen atoms in total. The second-order valence-corrected chi connectivity index (χ2v) is 5.25. The third kappa shape index (κ3) is 3.89. The van der Waals surface area contributed by atoms with Crippen molar-refractivity contribution in [2.75, 3.05) is 19.4 Å². The Labute approximate surface area is 90.0 Å². The molecule has 0 bridgehead atoms. The molecule has 84 valence electrons. The van der Waals surface area contributed by atoms with E-state index in [9.17, 15) is 8.42 Å². The van der Waals surface area contributed by atoms with Crippen molar-refractivity contribution in [3.05, 3.63) is 24.3 Å². The Morgan fingerprint density at radius 3 is 2.73 bits per heavy atom. The second kappa shape index (κ2) is 5.14. The van der Waals surface area contributed by atoms with Crippen molar-refractivity contribution in [2.24, 2.45) is 5.73 Å². The Bertz CT molecular complexity index is 414. The van der Waals surface area contributed by atoms with Crippen molar-refractivity contribution < 1.29 is 13.2 Å². The summed E-state index contributed by atoms with van der Waals surface area (Å²) in [6, 6.07) is 6.45. The molecule has 2 N–H and O–H groups in total. The average molecular weight is 229 g/mol. The Morgan fingerprint density at radius 1 is 1.40 bits per heavy atom. The van der Waals surface area contributed by atoms with Crippen LogP contribution >= 0.6 is 0 Å². The lowest BCUT2D eigenvalue weighted by Gasteiger charge is -2.06. The Balaban J connectivity index is 2.75. The average Bonchev–Trinajstić information content (AvgIpc) is 2.17. The maximum absolute atomic E-state index is 11.2. The molecule has 0 radical (unpaired) electrons. The number of hydrogen-bond acceptors (Lipinski definition) is 4. The first-order chi connectivity index (χ1) is 7.04. The molecule has 0 aliphatic heterocycles. The van der Waals surface area contributed by atoms with Crippen molar-refractivity contribution in [3.8, 4) is 5.75 Å². The predicted octanol–water partition coefficient (Wildman–Crippen LogP) is 0.818. The predicted molar refractivity (Wildman–Crippen MR) is 58.7 cm³/mol. The van der Waals surface area contributed by atoms with Gasteiger partial charge in [0.2, 0.25) is 0 Å². The van der Waals surface area contributed by atoms with E-state index in [4.69, 9.17) is 10.5 Å². The molecule has 0 atom stereocenters. The summed E-state index contributed by atoms with van der Waals surface area (Å²) in [5, 5.41) is 0. The van der Waals surface area contributed by atoms with E-state index in [2.05, 4.69) is 0 Å². The quantitative estimate of drug-likeness (QED) is 0.759. The Hall–Kier alpha value is -1.07. The zero-order chi connectivity index (χ0) is 11.3. The molecule has 5 heteroatoms. The SMILES string of the molecule is CS(=O)(=O)c1cccc(OCCCN)c1. The van der Waals surface area contributed by atoms with E-state index >= 15 is 0 Å². The Kier molecular flexibility index (Phi) is 4.11. The lowest BCUT2D eigenvalue weighted by Crippen LogP contribution is -2.06. The normalized spacial score (nSPS) is 11.3. The summed E-state index contributed by atoms with van der Waals surface area (Å²) in [4.78, 5) is 0.271. The van der Waals surface area contributed by atoms with Crippen molar-refractivity contribution >= 4 is 9.84 Å². The number of benzene rings is 1. The molecule has 0 saturated carbocycles. The minimum Gasteiger partial charge on any atom is -0.494 e. The molecule has 0 saturated heterocycles. The van der Waals surface area contributed by atoms with Crippen molar-refractivity contribution in [3.63, 3.8) is 0 Å². The van der Waals surface area contributed by atoms with E-state index in [1.807, 2.05) is 0 Å².